The molecule has 0 aliphatic carbocycles. The van der Waals surface area contributed by atoms with Crippen molar-refractivity contribution in [3.63, 3.8) is 0 Å². The Labute approximate surface area is 351 Å². The standard InChI is InChI=1S/C31H50N4O6.C8H10O.C5H12O.C2H6/c1-31(2,3)41-30(39)26-35-21-19-33(14-9-12-29(38)40-27-28-10-5-4-6-11-28)16-15-32(13-7-8-24-36)17-18-34(20-22-35)23-25-37;1-9-7-8-5-3-2-4-6-8;1-5(2,3)6-4;1-2/h4-6,10-11,24-25H,7-9,12-23,26-27H2,1-3H3;2-6H,7H2,1H3;1-4H3;1-2H3. The lowest BCUT2D eigenvalue weighted by Crippen LogP contribution is -2.48. The van der Waals surface area contributed by atoms with Crippen LogP contribution in [0.3, 0.4) is 0 Å². The van der Waals surface area contributed by atoms with E-state index < -0.39 is 5.60 Å². The van der Waals surface area contributed by atoms with E-state index in [4.69, 9.17) is 18.9 Å². The van der Waals surface area contributed by atoms with Gasteiger partial charge in [0.05, 0.1) is 25.3 Å². The fourth-order valence-corrected chi connectivity index (χ4v) is 5.42. The van der Waals surface area contributed by atoms with Crippen molar-refractivity contribution in [2.75, 3.05) is 92.8 Å². The molecule has 0 unspecified atom stereocenters. The van der Waals surface area contributed by atoms with Crippen LogP contribution in [0, 0.1) is 0 Å². The van der Waals surface area contributed by atoms with Crippen molar-refractivity contribution < 1.29 is 38.1 Å². The molecule has 1 heterocycles. The topological polar surface area (TPSA) is 118 Å². The van der Waals surface area contributed by atoms with Crippen LogP contribution in [0.25, 0.3) is 0 Å². The van der Waals surface area contributed by atoms with E-state index in [2.05, 4.69) is 19.6 Å². The largest absolute Gasteiger partial charge is 0.461 e. The number of nitrogens with zero attached hydrogens (tertiary/aromatic N) is 4. The molecule has 1 aliphatic heterocycles. The molecule has 330 valence electrons. The summed E-state index contributed by atoms with van der Waals surface area (Å²) in [5, 5.41) is 0. The molecule has 0 atom stereocenters. The maximum atomic E-state index is 12.6. The number of esters is 2. The SMILES string of the molecule is CC.CC(C)(C)OC(=O)CN1CCN(CC=O)CCN(CCCC=O)CCN(CCCC(=O)OCc2ccccc2)CC1.COC(C)(C)C.COCc1ccccc1. The number of carbonyl (C=O) groups is 4. The third-order valence-corrected chi connectivity index (χ3v) is 8.70. The molecule has 2 aromatic rings. The number of methoxy groups -OCH3 is 2. The zero-order valence-electron chi connectivity index (χ0n) is 37.7. The maximum Gasteiger partial charge on any atom is 0.320 e. The van der Waals surface area contributed by atoms with E-state index >= 15 is 0 Å². The van der Waals surface area contributed by atoms with E-state index in [1.54, 1.807) is 14.2 Å². The van der Waals surface area contributed by atoms with Crippen LogP contribution in [0.5, 0.6) is 0 Å². The van der Waals surface area contributed by atoms with Crippen LogP contribution in [0.4, 0.5) is 0 Å². The Balaban J connectivity index is 0.00000158. The Kier molecular flexibility index (Phi) is 31.3. The minimum absolute atomic E-state index is 0.0417. The number of aldehydes is 2. The summed E-state index contributed by atoms with van der Waals surface area (Å²) < 4.78 is 20.9. The van der Waals surface area contributed by atoms with Crippen molar-refractivity contribution in [3.05, 3.63) is 71.8 Å². The van der Waals surface area contributed by atoms with Gasteiger partial charge in [0, 0.05) is 79.4 Å². The molecule has 1 aliphatic rings. The highest BCUT2D eigenvalue weighted by molar-refractivity contribution is 5.72. The van der Waals surface area contributed by atoms with Gasteiger partial charge in [0.2, 0.25) is 0 Å². The van der Waals surface area contributed by atoms with E-state index in [9.17, 15) is 19.2 Å². The van der Waals surface area contributed by atoms with Gasteiger partial charge >= 0.3 is 11.9 Å². The fraction of sp³-hybridized carbons (Fsp3) is 0.652. The van der Waals surface area contributed by atoms with Crippen molar-refractivity contribution in [1.82, 2.24) is 19.6 Å². The van der Waals surface area contributed by atoms with Crippen molar-refractivity contribution in [3.8, 4) is 0 Å². The smallest absolute Gasteiger partial charge is 0.320 e. The third kappa shape index (κ3) is 31.5. The van der Waals surface area contributed by atoms with Crippen LogP contribution < -0.4 is 0 Å². The molecule has 3 rings (SSSR count). The quantitative estimate of drug-likeness (QED) is 0.104. The van der Waals surface area contributed by atoms with Gasteiger partial charge in [-0.1, -0.05) is 74.5 Å². The van der Waals surface area contributed by atoms with Gasteiger partial charge in [0.1, 0.15) is 24.8 Å². The van der Waals surface area contributed by atoms with Gasteiger partial charge in [-0.25, -0.2) is 0 Å². The number of hydrogen-bond donors (Lipinski definition) is 0. The fourth-order valence-electron chi connectivity index (χ4n) is 5.42. The summed E-state index contributed by atoms with van der Waals surface area (Å²) in [5.74, 6) is -0.471. The van der Waals surface area contributed by atoms with Crippen molar-refractivity contribution in [2.24, 2.45) is 0 Å². The molecular formula is C46H78N4O8. The number of carbonyl (C=O) groups excluding carboxylic acids is 4. The first-order chi connectivity index (χ1) is 27.7. The van der Waals surface area contributed by atoms with Crippen LogP contribution in [0.2, 0.25) is 0 Å². The number of unbranched alkanes of at least 4 members (excludes halogenated alkanes) is 1. The van der Waals surface area contributed by atoms with E-state index in [1.165, 1.54) is 5.56 Å². The molecular weight excluding hydrogens is 737 g/mol. The molecule has 12 heteroatoms. The highest BCUT2D eigenvalue weighted by Gasteiger charge is 2.22. The van der Waals surface area contributed by atoms with Gasteiger partial charge in [-0.2, -0.15) is 0 Å². The number of hydrogen-bond acceptors (Lipinski definition) is 12. The van der Waals surface area contributed by atoms with Crippen LogP contribution in [-0.2, 0) is 51.3 Å². The zero-order chi connectivity index (χ0) is 43.7. The van der Waals surface area contributed by atoms with Gasteiger partial charge in [0.25, 0.3) is 0 Å². The summed E-state index contributed by atoms with van der Waals surface area (Å²) in [4.78, 5) is 56.1. The van der Waals surface area contributed by atoms with Crippen LogP contribution in [0.15, 0.2) is 60.7 Å². The second-order valence-corrected chi connectivity index (χ2v) is 15.8. The lowest BCUT2D eigenvalue weighted by atomic mass is 10.2. The Morgan fingerprint density at radius 1 is 0.603 bits per heavy atom. The summed E-state index contributed by atoms with van der Waals surface area (Å²) in [6.07, 6.45) is 4.23. The first-order valence-corrected chi connectivity index (χ1v) is 20.9. The summed E-state index contributed by atoms with van der Waals surface area (Å²) in [5.41, 5.74) is 1.68. The van der Waals surface area contributed by atoms with Crippen molar-refractivity contribution >= 4 is 24.5 Å². The molecule has 0 saturated carbocycles. The Morgan fingerprint density at radius 2 is 1.05 bits per heavy atom. The van der Waals surface area contributed by atoms with E-state index in [0.29, 0.717) is 52.0 Å². The summed E-state index contributed by atoms with van der Waals surface area (Å²) in [6.45, 7) is 24.6. The average molecular weight is 815 g/mol. The molecule has 0 bridgehead atoms. The number of benzene rings is 2. The summed E-state index contributed by atoms with van der Waals surface area (Å²) in [7, 11) is 3.41. The molecule has 1 fully saturated rings. The van der Waals surface area contributed by atoms with E-state index in [0.717, 1.165) is 70.4 Å². The third-order valence-electron chi connectivity index (χ3n) is 8.70. The van der Waals surface area contributed by atoms with Gasteiger partial charge in [-0.05, 0) is 78.6 Å². The van der Waals surface area contributed by atoms with Gasteiger partial charge in [-0.3, -0.25) is 19.4 Å². The lowest BCUT2D eigenvalue weighted by molar-refractivity contribution is -0.156. The molecule has 58 heavy (non-hydrogen) atoms. The van der Waals surface area contributed by atoms with E-state index in [-0.39, 0.29) is 30.7 Å². The van der Waals surface area contributed by atoms with Gasteiger partial charge < -0.3 is 38.3 Å². The molecule has 0 aromatic heterocycles. The maximum absolute atomic E-state index is 12.6. The molecule has 1 saturated heterocycles. The van der Waals surface area contributed by atoms with Crippen LogP contribution in [-0.4, -0.2) is 148 Å². The van der Waals surface area contributed by atoms with Crippen molar-refractivity contribution in [2.45, 2.75) is 105 Å². The van der Waals surface area contributed by atoms with Crippen LogP contribution >= 0.6 is 0 Å². The molecule has 0 N–H and O–H groups in total. The van der Waals surface area contributed by atoms with Gasteiger partial charge in [-0.15, -0.1) is 0 Å². The normalized spacial score (nSPS) is 15.0. The second-order valence-electron chi connectivity index (χ2n) is 15.8. The zero-order valence-corrected chi connectivity index (χ0v) is 37.7. The average Bonchev–Trinajstić information content (AvgIpc) is 3.19. The highest BCUT2D eigenvalue weighted by atomic mass is 16.6. The molecule has 0 amide bonds. The Bertz CT molecular complexity index is 1320. The molecule has 12 nitrogen and oxygen atoms in total. The summed E-state index contributed by atoms with van der Waals surface area (Å²) in [6, 6.07) is 19.8. The Hall–Kier alpha value is -3.52. The monoisotopic (exact) mass is 815 g/mol. The predicted octanol–water partition coefficient (Wildman–Crippen LogP) is 6.54. The molecule has 2 aromatic carbocycles. The van der Waals surface area contributed by atoms with E-state index in [1.807, 2.05) is 116 Å². The number of ether oxygens (including phenoxy) is 4. The number of rotatable bonds is 16. The van der Waals surface area contributed by atoms with Crippen LogP contribution in [0.1, 0.15) is 92.2 Å². The first kappa shape index (κ1) is 54.5. The highest BCUT2D eigenvalue weighted by Crippen LogP contribution is 2.10. The summed E-state index contributed by atoms with van der Waals surface area (Å²) >= 11 is 0. The second kappa shape index (κ2) is 33.3. The van der Waals surface area contributed by atoms with Crippen molar-refractivity contribution in [1.29, 1.82) is 0 Å². The minimum atomic E-state index is -0.554. The first-order valence-electron chi connectivity index (χ1n) is 20.9. The minimum Gasteiger partial charge on any atom is -0.461 e. The lowest BCUT2D eigenvalue weighted by Gasteiger charge is -2.34. The Morgan fingerprint density at radius 3 is 1.48 bits per heavy atom. The molecule has 0 spiro atoms. The molecule has 0 radical (unpaired) electrons. The van der Waals surface area contributed by atoms with Gasteiger partial charge in [0.15, 0.2) is 0 Å². The predicted molar refractivity (Wildman–Crippen MR) is 234 cm³/mol.